The number of hydrogen-bond donors (Lipinski definition) is 0. The van der Waals surface area contributed by atoms with Gasteiger partial charge < -0.3 is 13.9 Å². The number of para-hydroxylation sites is 2. The summed E-state index contributed by atoms with van der Waals surface area (Å²) in [7, 11) is 4.02. The van der Waals surface area contributed by atoms with Crippen molar-refractivity contribution in [2.24, 2.45) is 14.1 Å². The Bertz CT molecular complexity index is 1320. The van der Waals surface area contributed by atoms with Crippen LogP contribution in [-0.2, 0) is 14.1 Å². The average Bonchev–Trinajstić information content (AvgIpc) is 3.32. The molecule has 0 N–H and O–H groups in total. The zero-order valence-electron chi connectivity index (χ0n) is 16.3. The van der Waals surface area contributed by atoms with Crippen LogP contribution in [0.2, 0.25) is 0 Å². The molecule has 0 fully saturated rings. The number of aryl methyl sites for hydroxylation is 2. The van der Waals surface area contributed by atoms with E-state index in [1.165, 1.54) is 0 Å². The maximum Gasteiger partial charge on any atom is 0.140 e. The number of hydrogen-bond acceptors (Lipinski definition) is 3. The lowest BCUT2D eigenvalue weighted by molar-refractivity contribution is 0.483. The molecule has 0 saturated carbocycles. The van der Waals surface area contributed by atoms with Crippen molar-refractivity contribution in [1.82, 2.24) is 19.1 Å². The second kappa shape index (κ2) is 6.95. The summed E-state index contributed by atoms with van der Waals surface area (Å²) in [5.41, 5.74) is 4.12. The molecule has 0 atom stereocenters. The standard InChI is InChI=1S/C24H20N4O/c1-27-14-13-25-23(27)17-7-5-9-19(15-17)29-20-10-6-8-18(16-20)24-26-21-11-3-4-12-22(21)28(24)2/h3-16H,1-2H3. The van der Waals surface area contributed by atoms with Gasteiger partial charge in [0.15, 0.2) is 0 Å². The Morgan fingerprint density at radius 3 is 2.10 bits per heavy atom. The van der Waals surface area contributed by atoms with Crippen LogP contribution in [0.3, 0.4) is 0 Å². The molecule has 0 aliphatic heterocycles. The zero-order valence-corrected chi connectivity index (χ0v) is 16.3. The van der Waals surface area contributed by atoms with Gasteiger partial charge in [0.05, 0.1) is 11.0 Å². The van der Waals surface area contributed by atoms with E-state index in [1.54, 1.807) is 6.20 Å². The summed E-state index contributed by atoms with van der Waals surface area (Å²) in [5, 5.41) is 0. The number of aromatic nitrogens is 4. The van der Waals surface area contributed by atoms with E-state index in [0.717, 1.165) is 45.3 Å². The summed E-state index contributed by atoms with van der Waals surface area (Å²) < 4.78 is 10.3. The van der Waals surface area contributed by atoms with E-state index < -0.39 is 0 Å². The third-order valence-corrected chi connectivity index (χ3v) is 5.03. The fourth-order valence-electron chi connectivity index (χ4n) is 3.58. The molecule has 0 bridgehead atoms. The molecular formula is C24H20N4O. The molecule has 5 rings (SSSR count). The van der Waals surface area contributed by atoms with Gasteiger partial charge in [-0.05, 0) is 36.4 Å². The van der Waals surface area contributed by atoms with Gasteiger partial charge in [0.25, 0.3) is 0 Å². The fraction of sp³-hybridized carbons (Fsp3) is 0.0833. The maximum atomic E-state index is 6.16. The summed E-state index contributed by atoms with van der Waals surface area (Å²) >= 11 is 0. The lowest BCUT2D eigenvalue weighted by Gasteiger charge is -2.09. The minimum atomic E-state index is 0.770. The van der Waals surface area contributed by atoms with Gasteiger partial charge >= 0.3 is 0 Å². The summed E-state index contributed by atoms with van der Waals surface area (Å²) in [6.07, 6.45) is 3.73. The van der Waals surface area contributed by atoms with E-state index in [0.29, 0.717) is 0 Å². The van der Waals surface area contributed by atoms with Crippen LogP contribution in [0.5, 0.6) is 11.5 Å². The molecule has 0 spiro atoms. The second-order valence-electron chi connectivity index (χ2n) is 7.00. The molecule has 5 aromatic rings. The highest BCUT2D eigenvalue weighted by Gasteiger charge is 2.11. The van der Waals surface area contributed by atoms with E-state index in [4.69, 9.17) is 9.72 Å². The van der Waals surface area contributed by atoms with Crippen LogP contribution >= 0.6 is 0 Å². The Hall–Kier alpha value is -3.86. The van der Waals surface area contributed by atoms with Crippen molar-refractivity contribution in [2.45, 2.75) is 0 Å². The smallest absolute Gasteiger partial charge is 0.140 e. The molecule has 5 heteroatoms. The Morgan fingerprint density at radius 1 is 0.759 bits per heavy atom. The summed E-state index contributed by atoms with van der Waals surface area (Å²) in [4.78, 5) is 9.20. The van der Waals surface area contributed by atoms with E-state index in [9.17, 15) is 0 Å². The van der Waals surface area contributed by atoms with Crippen molar-refractivity contribution in [3.63, 3.8) is 0 Å². The quantitative estimate of drug-likeness (QED) is 0.417. The van der Waals surface area contributed by atoms with Crippen LogP contribution in [-0.4, -0.2) is 19.1 Å². The van der Waals surface area contributed by atoms with E-state index in [2.05, 4.69) is 21.7 Å². The van der Waals surface area contributed by atoms with E-state index in [1.807, 2.05) is 85.5 Å². The van der Waals surface area contributed by atoms with Gasteiger partial charge in [0.2, 0.25) is 0 Å². The number of ether oxygens (including phenoxy) is 1. The molecule has 0 amide bonds. The van der Waals surface area contributed by atoms with Crippen LogP contribution in [0.25, 0.3) is 33.8 Å². The van der Waals surface area contributed by atoms with Crippen molar-refractivity contribution in [3.05, 3.63) is 85.2 Å². The van der Waals surface area contributed by atoms with Crippen molar-refractivity contribution < 1.29 is 4.74 Å². The monoisotopic (exact) mass is 380 g/mol. The minimum absolute atomic E-state index is 0.770. The zero-order chi connectivity index (χ0) is 19.8. The number of fused-ring (bicyclic) bond motifs is 1. The average molecular weight is 380 g/mol. The van der Waals surface area contributed by atoms with Crippen molar-refractivity contribution in [2.75, 3.05) is 0 Å². The van der Waals surface area contributed by atoms with Gasteiger partial charge in [-0.15, -0.1) is 0 Å². The topological polar surface area (TPSA) is 44.9 Å². The fourth-order valence-corrected chi connectivity index (χ4v) is 3.58. The number of benzene rings is 3. The molecular weight excluding hydrogens is 360 g/mol. The van der Waals surface area contributed by atoms with Crippen LogP contribution in [0.1, 0.15) is 0 Å². The van der Waals surface area contributed by atoms with Gasteiger partial charge in [-0.3, -0.25) is 0 Å². The molecule has 0 aliphatic carbocycles. The molecule has 0 radical (unpaired) electrons. The first-order valence-electron chi connectivity index (χ1n) is 9.46. The number of nitrogens with zero attached hydrogens (tertiary/aromatic N) is 4. The highest BCUT2D eigenvalue weighted by Crippen LogP contribution is 2.30. The lowest BCUT2D eigenvalue weighted by Crippen LogP contribution is -1.94. The Labute approximate surface area is 168 Å². The molecule has 0 unspecified atom stereocenters. The Morgan fingerprint density at radius 2 is 1.45 bits per heavy atom. The van der Waals surface area contributed by atoms with E-state index >= 15 is 0 Å². The number of imidazole rings is 2. The molecule has 5 nitrogen and oxygen atoms in total. The molecule has 0 saturated heterocycles. The Balaban J connectivity index is 1.48. The first-order valence-corrected chi connectivity index (χ1v) is 9.46. The third kappa shape index (κ3) is 3.17. The van der Waals surface area contributed by atoms with Crippen LogP contribution in [0.15, 0.2) is 85.2 Å². The highest BCUT2D eigenvalue weighted by molar-refractivity contribution is 5.80. The van der Waals surface area contributed by atoms with Crippen LogP contribution in [0, 0.1) is 0 Å². The molecule has 3 aromatic carbocycles. The van der Waals surface area contributed by atoms with Gasteiger partial charge in [-0.1, -0.05) is 36.4 Å². The van der Waals surface area contributed by atoms with Crippen molar-refractivity contribution in [1.29, 1.82) is 0 Å². The minimum Gasteiger partial charge on any atom is -0.457 e. The largest absolute Gasteiger partial charge is 0.457 e. The van der Waals surface area contributed by atoms with Gasteiger partial charge in [0, 0.05) is 37.6 Å². The van der Waals surface area contributed by atoms with Crippen LogP contribution in [0.4, 0.5) is 0 Å². The first kappa shape index (κ1) is 17.3. The molecule has 2 aromatic heterocycles. The summed E-state index contributed by atoms with van der Waals surface area (Å²) in [6.45, 7) is 0. The lowest BCUT2D eigenvalue weighted by atomic mass is 10.2. The third-order valence-electron chi connectivity index (χ3n) is 5.03. The summed E-state index contributed by atoms with van der Waals surface area (Å²) in [5.74, 6) is 3.36. The van der Waals surface area contributed by atoms with E-state index in [-0.39, 0.29) is 0 Å². The van der Waals surface area contributed by atoms with Gasteiger partial charge in [-0.25, -0.2) is 9.97 Å². The van der Waals surface area contributed by atoms with Gasteiger partial charge in [0.1, 0.15) is 23.1 Å². The molecule has 29 heavy (non-hydrogen) atoms. The molecule has 142 valence electrons. The molecule has 0 aliphatic rings. The second-order valence-corrected chi connectivity index (χ2v) is 7.00. The highest BCUT2D eigenvalue weighted by atomic mass is 16.5. The molecule has 2 heterocycles. The summed E-state index contributed by atoms with van der Waals surface area (Å²) in [6, 6.07) is 24.1. The predicted octanol–water partition coefficient (Wildman–Crippen LogP) is 5.43. The van der Waals surface area contributed by atoms with Crippen LogP contribution < -0.4 is 4.74 Å². The van der Waals surface area contributed by atoms with Gasteiger partial charge in [-0.2, -0.15) is 0 Å². The SMILES string of the molecule is Cn1ccnc1-c1cccc(Oc2cccc(-c3nc4ccccc4n3C)c2)c1. The van der Waals surface area contributed by atoms with Crippen molar-refractivity contribution in [3.8, 4) is 34.3 Å². The van der Waals surface area contributed by atoms with Crippen molar-refractivity contribution >= 4 is 11.0 Å². The first-order chi connectivity index (χ1) is 14.2. The Kier molecular flexibility index (Phi) is 4.13. The number of rotatable bonds is 4. The predicted molar refractivity (Wildman–Crippen MR) is 115 cm³/mol. The maximum absolute atomic E-state index is 6.16. The normalized spacial score (nSPS) is 11.1.